The molecule has 0 saturated carbocycles. The largest absolute Gasteiger partial charge is 0.494 e. The van der Waals surface area contributed by atoms with Crippen LogP contribution in [0.3, 0.4) is 0 Å². The lowest BCUT2D eigenvalue weighted by Crippen LogP contribution is -2.46. The number of aromatic nitrogens is 1. The van der Waals surface area contributed by atoms with Crippen LogP contribution in [0.1, 0.15) is 70.9 Å². The van der Waals surface area contributed by atoms with E-state index < -0.39 is 0 Å². The summed E-state index contributed by atoms with van der Waals surface area (Å²) in [5.74, 6) is 0.837. The number of benzene rings is 1. The van der Waals surface area contributed by atoms with Crippen molar-refractivity contribution in [1.82, 2.24) is 9.88 Å². The topological polar surface area (TPSA) is 43.3 Å². The summed E-state index contributed by atoms with van der Waals surface area (Å²) in [5, 5.41) is 4.33. The Hall–Kier alpha value is -1.97. The van der Waals surface area contributed by atoms with Crippen molar-refractivity contribution in [2.24, 2.45) is 5.41 Å². The molecule has 0 unspecified atom stereocenters. The van der Waals surface area contributed by atoms with E-state index in [4.69, 9.17) is 4.74 Å². The van der Waals surface area contributed by atoms with E-state index in [0.717, 1.165) is 40.9 Å². The number of aryl methyl sites for hydroxylation is 2. The summed E-state index contributed by atoms with van der Waals surface area (Å²) in [5.41, 5.74) is 2.71. The van der Waals surface area contributed by atoms with Crippen LogP contribution in [0, 0.1) is 12.3 Å². The zero-order valence-corrected chi connectivity index (χ0v) is 17.6. The van der Waals surface area contributed by atoms with Gasteiger partial charge in [0.2, 0.25) is 0 Å². The number of rotatable bonds is 6. The molecule has 144 valence electrons. The van der Waals surface area contributed by atoms with Gasteiger partial charge in [-0.2, -0.15) is 0 Å². The van der Waals surface area contributed by atoms with Crippen LogP contribution in [0.15, 0.2) is 18.2 Å². The Bertz CT molecular complexity index is 795. The van der Waals surface area contributed by atoms with E-state index >= 15 is 0 Å². The molecule has 4 heteroatoms. The summed E-state index contributed by atoms with van der Waals surface area (Å²) < 4.78 is 7.74. The lowest BCUT2D eigenvalue weighted by molar-refractivity contribution is 0.0881. The Kier molecular flexibility index (Phi) is 5.74. The predicted molar refractivity (Wildman–Crippen MR) is 109 cm³/mol. The van der Waals surface area contributed by atoms with Crippen LogP contribution in [0.2, 0.25) is 0 Å². The van der Waals surface area contributed by atoms with Gasteiger partial charge in [-0.25, -0.2) is 0 Å². The molecule has 0 saturated heterocycles. The van der Waals surface area contributed by atoms with E-state index in [1.54, 1.807) is 0 Å². The van der Waals surface area contributed by atoms with Crippen molar-refractivity contribution < 1.29 is 9.53 Å². The monoisotopic (exact) mass is 358 g/mol. The molecule has 0 atom stereocenters. The Morgan fingerprint density at radius 1 is 1.15 bits per heavy atom. The van der Waals surface area contributed by atoms with Crippen molar-refractivity contribution in [2.75, 3.05) is 6.61 Å². The van der Waals surface area contributed by atoms with Gasteiger partial charge in [0.25, 0.3) is 5.91 Å². The molecule has 0 radical (unpaired) electrons. The van der Waals surface area contributed by atoms with E-state index in [0.29, 0.717) is 6.61 Å². The molecule has 0 fully saturated rings. The highest BCUT2D eigenvalue weighted by atomic mass is 16.5. The average molecular weight is 359 g/mol. The maximum absolute atomic E-state index is 13.2. The van der Waals surface area contributed by atoms with E-state index in [1.165, 1.54) is 0 Å². The molecule has 1 N–H and O–H groups in total. The lowest BCUT2D eigenvalue weighted by Gasteiger charge is -2.33. The summed E-state index contributed by atoms with van der Waals surface area (Å²) in [6.07, 6.45) is 0.908. The number of fused-ring (bicyclic) bond motifs is 1. The average Bonchev–Trinajstić information content (AvgIpc) is 2.77. The van der Waals surface area contributed by atoms with E-state index in [9.17, 15) is 4.79 Å². The van der Waals surface area contributed by atoms with E-state index in [2.05, 4.69) is 51.4 Å². The summed E-state index contributed by atoms with van der Waals surface area (Å²) in [6, 6.07) is 6.06. The van der Waals surface area contributed by atoms with E-state index in [-0.39, 0.29) is 16.9 Å². The maximum atomic E-state index is 13.2. The smallest absolute Gasteiger partial charge is 0.268 e. The fourth-order valence-corrected chi connectivity index (χ4v) is 4.12. The van der Waals surface area contributed by atoms with Gasteiger partial charge in [0.05, 0.1) is 6.61 Å². The van der Waals surface area contributed by atoms with E-state index in [1.807, 2.05) is 32.0 Å². The third-order valence-electron chi connectivity index (χ3n) is 4.55. The summed E-state index contributed by atoms with van der Waals surface area (Å²) in [6.45, 7) is 18.2. The second-order valence-corrected chi connectivity index (χ2v) is 8.91. The molecule has 4 nitrogen and oxygen atoms in total. The van der Waals surface area contributed by atoms with Crippen LogP contribution in [-0.2, 0) is 6.54 Å². The normalized spacial score (nSPS) is 12.5. The number of carbonyl (C=O) groups is 1. The van der Waals surface area contributed by atoms with Gasteiger partial charge in [0, 0.05) is 23.0 Å². The molecule has 0 spiro atoms. The highest BCUT2D eigenvalue weighted by Gasteiger charge is 2.29. The van der Waals surface area contributed by atoms with Crippen molar-refractivity contribution in [3.63, 3.8) is 0 Å². The molecular weight excluding hydrogens is 324 g/mol. The van der Waals surface area contributed by atoms with Gasteiger partial charge in [0.15, 0.2) is 0 Å². The fraction of sp³-hybridized carbons (Fsp3) is 0.591. The van der Waals surface area contributed by atoms with Crippen LogP contribution >= 0.6 is 0 Å². The quantitative estimate of drug-likeness (QED) is 0.760. The number of hydrogen-bond donors (Lipinski definition) is 1. The van der Waals surface area contributed by atoms with Crippen molar-refractivity contribution in [3.05, 3.63) is 29.5 Å². The molecule has 1 amide bonds. The van der Waals surface area contributed by atoms with Crippen LogP contribution in [0.4, 0.5) is 0 Å². The number of nitrogens with one attached hydrogen (secondary N) is 1. The van der Waals surface area contributed by atoms with Crippen molar-refractivity contribution >= 4 is 16.8 Å². The molecule has 0 aliphatic rings. The first-order valence-corrected chi connectivity index (χ1v) is 9.57. The third kappa shape index (κ3) is 4.40. The summed E-state index contributed by atoms with van der Waals surface area (Å²) >= 11 is 0. The van der Waals surface area contributed by atoms with Crippen LogP contribution < -0.4 is 10.1 Å². The molecule has 2 rings (SSSR count). The highest BCUT2D eigenvalue weighted by molar-refractivity contribution is 6.02. The molecule has 1 heterocycles. The highest BCUT2D eigenvalue weighted by Crippen LogP contribution is 2.31. The van der Waals surface area contributed by atoms with Crippen molar-refractivity contribution in [1.29, 1.82) is 0 Å². The number of hydrogen-bond acceptors (Lipinski definition) is 2. The number of amides is 1. The minimum Gasteiger partial charge on any atom is -0.494 e. The molecular formula is C22H34N2O2. The minimum absolute atomic E-state index is 0.00670. The van der Waals surface area contributed by atoms with Crippen LogP contribution in [-0.4, -0.2) is 22.6 Å². The minimum atomic E-state index is -0.271. The zero-order valence-electron chi connectivity index (χ0n) is 17.6. The van der Waals surface area contributed by atoms with Crippen molar-refractivity contribution in [3.8, 4) is 5.75 Å². The molecule has 0 aliphatic carbocycles. The first-order chi connectivity index (χ1) is 12.0. The molecule has 1 aromatic carbocycles. The second kappa shape index (κ2) is 7.34. The first-order valence-electron chi connectivity index (χ1n) is 9.57. The standard InChI is InChI=1S/C22H34N2O2/c1-9-24-18-12-11-16(26-10-2)13-17(18)15(3)19(24)20(25)23-22(7,8)14-21(4,5)6/h11-13H,9-10,14H2,1-8H3,(H,23,25). The SMILES string of the molecule is CCOc1ccc2c(c1)c(C)c(C(=O)NC(C)(C)CC(C)(C)C)n2CC. The summed E-state index contributed by atoms with van der Waals surface area (Å²) in [4.78, 5) is 13.2. The predicted octanol–water partition coefficient (Wildman–Crippen LogP) is 5.31. The number of carbonyl (C=O) groups excluding carboxylic acids is 1. The molecule has 0 aliphatic heterocycles. The van der Waals surface area contributed by atoms with Crippen LogP contribution in [0.5, 0.6) is 5.75 Å². The number of nitrogens with zero attached hydrogens (tertiary/aromatic N) is 1. The van der Waals surface area contributed by atoms with Gasteiger partial charge in [-0.05, 0) is 70.2 Å². The Morgan fingerprint density at radius 2 is 1.81 bits per heavy atom. The lowest BCUT2D eigenvalue weighted by atomic mass is 9.81. The molecule has 1 aromatic heterocycles. The zero-order chi connectivity index (χ0) is 19.7. The van der Waals surface area contributed by atoms with Gasteiger partial charge >= 0.3 is 0 Å². The number of ether oxygens (including phenoxy) is 1. The summed E-state index contributed by atoms with van der Waals surface area (Å²) in [7, 11) is 0. The van der Waals surface area contributed by atoms with Crippen molar-refractivity contribution in [2.45, 2.75) is 73.9 Å². The molecule has 26 heavy (non-hydrogen) atoms. The molecule has 2 aromatic rings. The Morgan fingerprint density at radius 3 is 2.35 bits per heavy atom. The van der Waals surface area contributed by atoms with Gasteiger partial charge in [0.1, 0.15) is 11.4 Å². The van der Waals surface area contributed by atoms with Gasteiger partial charge < -0.3 is 14.6 Å². The first kappa shape index (κ1) is 20.3. The molecule has 0 bridgehead atoms. The fourth-order valence-electron chi connectivity index (χ4n) is 4.12. The van der Waals surface area contributed by atoms with Gasteiger partial charge in [-0.3, -0.25) is 4.79 Å². The third-order valence-corrected chi connectivity index (χ3v) is 4.55. The Labute approximate surface area is 157 Å². The second-order valence-electron chi connectivity index (χ2n) is 8.91. The Balaban J connectivity index is 2.44. The maximum Gasteiger partial charge on any atom is 0.268 e. The van der Waals surface area contributed by atoms with Gasteiger partial charge in [-0.1, -0.05) is 20.8 Å². The van der Waals surface area contributed by atoms with Crippen LogP contribution in [0.25, 0.3) is 10.9 Å². The van der Waals surface area contributed by atoms with Gasteiger partial charge in [-0.15, -0.1) is 0 Å².